The third-order valence-electron chi connectivity index (χ3n) is 5.96. The van der Waals surface area contributed by atoms with Gasteiger partial charge in [0.05, 0.1) is 6.10 Å². The van der Waals surface area contributed by atoms with Crippen molar-refractivity contribution in [1.82, 2.24) is 20.2 Å². The van der Waals surface area contributed by atoms with Crippen LogP contribution in [0.4, 0.5) is 42.0 Å². The number of ether oxygens (including phenoxy) is 1. The number of carbonyl (C=O) groups is 2. The van der Waals surface area contributed by atoms with Gasteiger partial charge >= 0.3 is 12.1 Å². The van der Waals surface area contributed by atoms with Crippen LogP contribution in [0.1, 0.15) is 24.2 Å². The zero-order valence-corrected chi connectivity index (χ0v) is 23.7. The van der Waals surface area contributed by atoms with Gasteiger partial charge in [-0.25, -0.2) is 9.78 Å². The number of nitrogens with zero attached hydrogens (tertiary/aromatic N) is 4. The SMILES string of the molecule is CNC(=O)c1cnc(Nc2ccc(N3CCN(C)CC3)cc2)nc1Nc1cccc(OC(C)C)c1.O=C(O)C(F)(F)F. The maximum atomic E-state index is 12.4. The van der Waals surface area contributed by atoms with Crippen molar-refractivity contribution in [3.8, 4) is 5.75 Å². The van der Waals surface area contributed by atoms with E-state index >= 15 is 0 Å². The van der Waals surface area contributed by atoms with Gasteiger partial charge in [0.25, 0.3) is 5.91 Å². The molecule has 1 saturated heterocycles. The molecule has 0 atom stereocenters. The number of hydrogen-bond acceptors (Lipinski definition) is 9. The molecule has 2 aromatic carbocycles. The van der Waals surface area contributed by atoms with E-state index in [-0.39, 0.29) is 12.0 Å². The molecule has 1 aliphatic heterocycles. The number of alkyl halides is 3. The Morgan fingerprint density at radius 2 is 1.64 bits per heavy atom. The first-order valence-electron chi connectivity index (χ1n) is 13.1. The Hall–Kier alpha value is -4.59. The molecule has 226 valence electrons. The smallest absolute Gasteiger partial charge is 0.490 e. The second-order valence-electron chi connectivity index (χ2n) is 9.62. The number of halogens is 3. The molecule has 3 aromatic rings. The summed E-state index contributed by atoms with van der Waals surface area (Å²) in [7, 11) is 3.73. The highest BCUT2D eigenvalue weighted by Gasteiger charge is 2.38. The lowest BCUT2D eigenvalue weighted by molar-refractivity contribution is -0.192. The predicted octanol–water partition coefficient (Wildman–Crippen LogP) is 4.50. The van der Waals surface area contributed by atoms with Gasteiger partial charge in [0, 0.05) is 62.6 Å². The molecule has 1 fully saturated rings. The van der Waals surface area contributed by atoms with Gasteiger partial charge in [-0.05, 0) is 57.3 Å². The molecule has 0 bridgehead atoms. The highest BCUT2D eigenvalue weighted by molar-refractivity contribution is 5.99. The average Bonchev–Trinajstić information content (AvgIpc) is 2.93. The van der Waals surface area contributed by atoms with Crippen LogP contribution in [0.25, 0.3) is 0 Å². The molecule has 0 unspecified atom stereocenters. The first-order valence-corrected chi connectivity index (χ1v) is 13.1. The monoisotopic (exact) mass is 589 g/mol. The minimum absolute atomic E-state index is 0.0594. The van der Waals surface area contributed by atoms with Crippen LogP contribution in [0.3, 0.4) is 0 Å². The molecular weight excluding hydrogens is 555 g/mol. The largest absolute Gasteiger partial charge is 0.491 e. The van der Waals surface area contributed by atoms with Gasteiger partial charge in [0.1, 0.15) is 17.1 Å². The maximum Gasteiger partial charge on any atom is 0.490 e. The summed E-state index contributed by atoms with van der Waals surface area (Å²) in [5.74, 6) is -1.50. The minimum Gasteiger partial charge on any atom is -0.491 e. The van der Waals surface area contributed by atoms with E-state index in [1.54, 1.807) is 7.05 Å². The second kappa shape index (κ2) is 14.3. The molecule has 14 heteroatoms. The second-order valence-corrected chi connectivity index (χ2v) is 9.62. The third-order valence-corrected chi connectivity index (χ3v) is 5.96. The van der Waals surface area contributed by atoms with Crippen molar-refractivity contribution in [3.63, 3.8) is 0 Å². The Kier molecular flexibility index (Phi) is 10.9. The van der Waals surface area contributed by atoms with Crippen LogP contribution < -0.4 is 25.6 Å². The van der Waals surface area contributed by atoms with Gasteiger partial charge in [-0.1, -0.05) is 6.07 Å². The quantitative estimate of drug-likeness (QED) is 0.298. The number of carbonyl (C=O) groups excluding carboxylic acids is 1. The van der Waals surface area contributed by atoms with Crippen LogP contribution in [-0.4, -0.2) is 84.4 Å². The van der Waals surface area contributed by atoms with E-state index in [2.05, 4.69) is 54.9 Å². The predicted molar refractivity (Wildman–Crippen MR) is 154 cm³/mol. The molecule has 0 radical (unpaired) electrons. The number of piperazine rings is 1. The summed E-state index contributed by atoms with van der Waals surface area (Å²) < 4.78 is 37.5. The molecule has 1 amide bonds. The van der Waals surface area contributed by atoms with Crippen molar-refractivity contribution in [1.29, 1.82) is 0 Å². The summed E-state index contributed by atoms with van der Waals surface area (Å²) in [4.78, 5) is 35.0. The lowest BCUT2D eigenvalue weighted by atomic mass is 10.2. The summed E-state index contributed by atoms with van der Waals surface area (Å²) in [5, 5.41) is 16.3. The molecule has 11 nitrogen and oxygen atoms in total. The fourth-order valence-corrected chi connectivity index (χ4v) is 3.84. The van der Waals surface area contributed by atoms with Gasteiger partial charge in [-0.2, -0.15) is 18.2 Å². The normalized spacial score (nSPS) is 13.6. The van der Waals surface area contributed by atoms with Gasteiger partial charge in [-0.3, -0.25) is 4.79 Å². The Morgan fingerprint density at radius 3 is 2.21 bits per heavy atom. The fraction of sp³-hybridized carbons (Fsp3) is 0.357. The molecule has 42 heavy (non-hydrogen) atoms. The number of rotatable bonds is 8. The van der Waals surface area contributed by atoms with Gasteiger partial charge in [0.2, 0.25) is 5.95 Å². The van der Waals surface area contributed by atoms with Crippen molar-refractivity contribution >= 4 is 40.7 Å². The van der Waals surface area contributed by atoms with Gasteiger partial charge in [-0.15, -0.1) is 0 Å². The minimum atomic E-state index is -5.08. The Morgan fingerprint density at radius 1 is 1.00 bits per heavy atom. The van der Waals surface area contributed by atoms with Crippen LogP contribution in [0.2, 0.25) is 0 Å². The molecule has 2 heterocycles. The van der Waals surface area contributed by atoms with E-state index in [1.165, 1.54) is 11.9 Å². The summed E-state index contributed by atoms with van der Waals surface area (Å²) in [6, 6.07) is 15.8. The number of anilines is 5. The highest BCUT2D eigenvalue weighted by Crippen LogP contribution is 2.26. The summed E-state index contributed by atoms with van der Waals surface area (Å²) >= 11 is 0. The molecule has 4 N–H and O–H groups in total. The first-order chi connectivity index (χ1) is 19.8. The number of benzene rings is 2. The van der Waals surface area contributed by atoms with Crippen molar-refractivity contribution in [2.75, 3.05) is 55.8 Å². The topological polar surface area (TPSA) is 132 Å². The molecule has 1 aliphatic rings. The zero-order valence-electron chi connectivity index (χ0n) is 23.7. The van der Waals surface area contributed by atoms with E-state index in [1.807, 2.05) is 50.2 Å². The molecular formula is C28H34F3N7O4. The van der Waals surface area contributed by atoms with Crippen molar-refractivity contribution in [2.24, 2.45) is 0 Å². The molecule has 4 rings (SSSR count). The molecule has 0 spiro atoms. The Labute approximate surface area is 241 Å². The van der Waals surface area contributed by atoms with E-state index in [4.69, 9.17) is 14.6 Å². The number of likely N-dealkylation sites (N-methyl/N-ethyl adjacent to an activating group) is 1. The van der Waals surface area contributed by atoms with Crippen LogP contribution in [0.15, 0.2) is 54.7 Å². The van der Waals surface area contributed by atoms with Gasteiger partial charge < -0.3 is 35.6 Å². The van der Waals surface area contributed by atoms with Crippen LogP contribution >= 0.6 is 0 Å². The van der Waals surface area contributed by atoms with E-state index < -0.39 is 12.1 Å². The summed E-state index contributed by atoms with van der Waals surface area (Å²) in [6.07, 6.45) is -3.51. The van der Waals surface area contributed by atoms with Crippen molar-refractivity contribution < 1.29 is 32.6 Å². The van der Waals surface area contributed by atoms with Crippen molar-refractivity contribution in [2.45, 2.75) is 26.1 Å². The molecule has 1 aromatic heterocycles. The maximum absolute atomic E-state index is 12.4. The van der Waals surface area contributed by atoms with Crippen LogP contribution in [0.5, 0.6) is 5.75 Å². The fourth-order valence-electron chi connectivity index (χ4n) is 3.84. The zero-order chi connectivity index (χ0) is 30.9. The van der Waals surface area contributed by atoms with E-state index in [0.717, 1.165) is 43.3 Å². The third kappa shape index (κ3) is 9.51. The van der Waals surface area contributed by atoms with Gasteiger partial charge in [0.15, 0.2) is 0 Å². The van der Waals surface area contributed by atoms with Crippen LogP contribution in [-0.2, 0) is 4.79 Å². The number of hydrogen-bond donors (Lipinski definition) is 4. The average molecular weight is 590 g/mol. The first kappa shape index (κ1) is 31.9. The Balaban J connectivity index is 0.000000616. The number of aromatic nitrogens is 2. The number of carboxylic acids is 1. The number of amides is 1. The summed E-state index contributed by atoms with van der Waals surface area (Å²) in [5.41, 5.74) is 3.17. The lowest BCUT2D eigenvalue weighted by Crippen LogP contribution is -2.44. The lowest BCUT2D eigenvalue weighted by Gasteiger charge is -2.34. The van der Waals surface area contributed by atoms with E-state index in [9.17, 15) is 18.0 Å². The van der Waals surface area contributed by atoms with Crippen molar-refractivity contribution in [3.05, 3.63) is 60.3 Å². The number of carboxylic acid groups (broad SMARTS) is 1. The standard InChI is InChI=1S/C26H33N7O2.C2HF3O2/c1-18(2)35-22-7-5-6-20(16-22)29-24-23(25(34)27-3)17-28-26(31-24)30-19-8-10-21(11-9-19)33-14-12-32(4)13-15-33;3-2(4,5)1(6)7/h5-11,16-18H,12-15H2,1-4H3,(H,27,34)(H2,28,29,30,31);(H,6,7). The molecule has 0 saturated carbocycles. The number of aliphatic carboxylic acids is 1. The summed E-state index contributed by atoms with van der Waals surface area (Å²) in [6.45, 7) is 8.12. The number of nitrogens with one attached hydrogen (secondary N) is 3. The highest BCUT2D eigenvalue weighted by atomic mass is 19.4. The van der Waals surface area contributed by atoms with Crippen LogP contribution in [0, 0.1) is 0 Å². The molecule has 0 aliphatic carbocycles. The Bertz CT molecular complexity index is 1350. The van der Waals surface area contributed by atoms with E-state index in [0.29, 0.717) is 17.3 Å².